The Bertz CT molecular complexity index is 922. The highest BCUT2D eigenvalue weighted by atomic mass is 32.2. The second-order valence-electron chi connectivity index (χ2n) is 9.19. The van der Waals surface area contributed by atoms with Crippen molar-refractivity contribution in [3.8, 4) is 0 Å². The van der Waals surface area contributed by atoms with E-state index in [1.165, 1.54) is 18.4 Å². The second-order valence-corrected chi connectivity index (χ2v) is 11.1. The summed E-state index contributed by atoms with van der Waals surface area (Å²) in [6, 6.07) is 6.86. The van der Waals surface area contributed by atoms with Crippen LogP contribution >= 0.6 is 0 Å². The number of likely N-dealkylation sites (tertiary alicyclic amines) is 2. The molecule has 3 saturated heterocycles. The van der Waals surface area contributed by atoms with Crippen LogP contribution in [0, 0.1) is 11.8 Å². The van der Waals surface area contributed by atoms with Crippen LogP contribution in [0.15, 0.2) is 24.3 Å². The Morgan fingerprint density at radius 3 is 2.30 bits per heavy atom. The molecule has 0 aliphatic carbocycles. The molecule has 3 fully saturated rings. The van der Waals surface area contributed by atoms with Crippen LogP contribution in [-0.2, 0) is 21.4 Å². The van der Waals surface area contributed by atoms with Crippen molar-refractivity contribution in [3.63, 3.8) is 0 Å². The van der Waals surface area contributed by atoms with Gasteiger partial charge in [-0.2, -0.15) is 0 Å². The molecule has 4 rings (SSSR count). The first-order valence-corrected chi connectivity index (χ1v) is 12.7. The quantitative estimate of drug-likeness (QED) is 0.709. The average Bonchev–Trinajstić information content (AvgIpc) is 3.37. The van der Waals surface area contributed by atoms with E-state index in [0.717, 1.165) is 30.2 Å². The normalized spacial score (nSPS) is 27.3. The first-order chi connectivity index (χ1) is 14.2. The fraction of sp³-hybridized carbons (Fsp3) is 0.636. The van der Waals surface area contributed by atoms with Gasteiger partial charge in [0.25, 0.3) is 5.91 Å². The lowest BCUT2D eigenvalue weighted by Gasteiger charge is -2.29. The summed E-state index contributed by atoms with van der Waals surface area (Å²) >= 11 is 0. The molecule has 0 saturated carbocycles. The number of carbonyl (C=O) groups is 2. The number of nitrogens with zero attached hydrogens (tertiary/aromatic N) is 3. The molecule has 0 radical (unpaired) electrons. The van der Waals surface area contributed by atoms with Gasteiger partial charge in [-0.1, -0.05) is 26.0 Å². The van der Waals surface area contributed by atoms with Crippen molar-refractivity contribution in [1.29, 1.82) is 0 Å². The third kappa shape index (κ3) is 3.75. The van der Waals surface area contributed by atoms with Gasteiger partial charge in [0.05, 0.1) is 24.3 Å². The van der Waals surface area contributed by atoms with E-state index >= 15 is 0 Å². The van der Waals surface area contributed by atoms with Crippen LogP contribution in [0.5, 0.6) is 0 Å². The van der Waals surface area contributed by atoms with Crippen LogP contribution in [0.1, 0.15) is 49.0 Å². The Morgan fingerprint density at radius 1 is 1.10 bits per heavy atom. The van der Waals surface area contributed by atoms with Crippen LogP contribution in [0.4, 0.5) is 0 Å². The Balaban J connectivity index is 1.55. The number of hydrogen-bond acceptors (Lipinski definition) is 5. The minimum atomic E-state index is -3.66. The molecule has 0 aromatic heterocycles. The summed E-state index contributed by atoms with van der Waals surface area (Å²) in [5.74, 6) is -1.04. The molecule has 3 aliphatic heterocycles. The second kappa shape index (κ2) is 7.96. The molecule has 1 aromatic carbocycles. The largest absolute Gasteiger partial charge is 0.333 e. The van der Waals surface area contributed by atoms with Crippen molar-refractivity contribution in [2.45, 2.75) is 51.7 Å². The Labute approximate surface area is 179 Å². The molecule has 3 heterocycles. The van der Waals surface area contributed by atoms with Crippen LogP contribution < -0.4 is 0 Å². The molecule has 0 unspecified atom stereocenters. The number of hydrogen-bond donors (Lipinski definition) is 0. The molecule has 0 spiro atoms. The smallest absolute Gasteiger partial charge is 0.254 e. The molecule has 0 N–H and O–H groups in total. The van der Waals surface area contributed by atoms with Gasteiger partial charge in [0.1, 0.15) is 0 Å². The highest BCUT2D eigenvalue weighted by Gasteiger charge is 2.58. The SMILES string of the molecule is CC(C)[C@H]1C(=O)N(S(C)(=O)=O)[C@H]2CCN(C(=O)c3ccc(CN4CCCC4)cc3)[C@H]12. The van der Waals surface area contributed by atoms with Gasteiger partial charge in [0.15, 0.2) is 0 Å². The first-order valence-electron chi connectivity index (χ1n) is 10.8. The average molecular weight is 434 g/mol. The zero-order valence-electron chi connectivity index (χ0n) is 18.0. The molecule has 3 aliphatic rings. The lowest BCUT2D eigenvalue weighted by Crippen LogP contribution is -2.44. The first kappa shape index (κ1) is 21.3. The van der Waals surface area contributed by atoms with Gasteiger partial charge in [-0.15, -0.1) is 0 Å². The van der Waals surface area contributed by atoms with Crippen molar-refractivity contribution in [3.05, 3.63) is 35.4 Å². The Kier molecular flexibility index (Phi) is 5.66. The minimum absolute atomic E-state index is 0.0482. The molecule has 30 heavy (non-hydrogen) atoms. The van der Waals surface area contributed by atoms with Crippen LogP contribution in [-0.4, -0.2) is 72.3 Å². The Morgan fingerprint density at radius 2 is 1.73 bits per heavy atom. The van der Waals surface area contributed by atoms with Crippen LogP contribution in [0.3, 0.4) is 0 Å². The highest BCUT2D eigenvalue weighted by Crippen LogP contribution is 2.41. The highest BCUT2D eigenvalue weighted by molar-refractivity contribution is 7.88. The topological polar surface area (TPSA) is 78.0 Å². The minimum Gasteiger partial charge on any atom is -0.333 e. The maximum absolute atomic E-state index is 13.3. The van der Waals surface area contributed by atoms with Crippen LogP contribution in [0.25, 0.3) is 0 Å². The van der Waals surface area contributed by atoms with Gasteiger partial charge in [0, 0.05) is 18.7 Å². The lowest BCUT2D eigenvalue weighted by atomic mass is 9.88. The monoisotopic (exact) mass is 433 g/mol. The zero-order valence-corrected chi connectivity index (χ0v) is 18.8. The number of sulfonamides is 1. The predicted octanol–water partition coefficient (Wildman–Crippen LogP) is 1.94. The molecule has 1 aromatic rings. The van der Waals surface area contributed by atoms with Crippen molar-refractivity contribution < 1.29 is 18.0 Å². The van der Waals surface area contributed by atoms with Crippen molar-refractivity contribution in [2.24, 2.45) is 11.8 Å². The Hall–Kier alpha value is -1.93. The fourth-order valence-electron chi connectivity index (χ4n) is 5.39. The summed E-state index contributed by atoms with van der Waals surface area (Å²) in [5, 5.41) is 0. The number of rotatable bonds is 5. The molecular weight excluding hydrogens is 402 g/mol. The zero-order chi connectivity index (χ0) is 21.6. The molecule has 3 atom stereocenters. The maximum atomic E-state index is 13.3. The van der Waals surface area contributed by atoms with Gasteiger partial charge in [-0.05, 0) is 56.0 Å². The molecule has 8 heteroatoms. The van der Waals surface area contributed by atoms with Crippen LogP contribution in [0.2, 0.25) is 0 Å². The third-order valence-corrected chi connectivity index (χ3v) is 7.90. The van der Waals surface area contributed by atoms with Crippen molar-refractivity contribution >= 4 is 21.8 Å². The van der Waals surface area contributed by atoms with E-state index in [1.54, 1.807) is 4.90 Å². The summed E-state index contributed by atoms with van der Waals surface area (Å²) in [7, 11) is -3.66. The maximum Gasteiger partial charge on any atom is 0.254 e. The molecule has 0 bridgehead atoms. The summed E-state index contributed by atoms with van der Waals surface area (Å²) in [5.41, 5.74) is 1.78. The van der Waals surface area contributed by atoms with Gasteiger partial charge >= 0.3 is 0 Å². The summed E-state index contributed by atoms with van der Waals surface area (Å²) < 4.78 is 25.6. The number of amides is 2. The summed E-state index contributed by atoms with van der Waals surface area (Å²) in [6.07, 6.45) is 4.06. The van der Waals surface area contributed by atoms with E-state index in [1.807, 2.05) is 38.1 Å². The summed E-state index contributed by atoms with van der Waals surface area (Å²) in [6.45, 7) is 7.44. The summed E-state index contributed by atoms with van der Waals surface area (Å²) in [4.78, 5) is 30.4. The van der Waals surface area contributed by atoms with Gasteiger partial charge in [-0.25, -0.2) is 12.7 Å². The van der Waals surface area contributed by atoms with Gasteiger partial charge in [-0.3, -0.25) is 14.5 Å². The molecule has 7 nitrogen and oxygen atoms in total. The van der Waals surface area contributed by atoms with Gasteiger partial charge in [0.2, 0.25) is 15.9 Å². The number of benzene rings is 1. The number of carbonyl (C=O) groups excluding carboxylic acids is 2. The number of fused-ring (bicyclic) bond motifs is 1. The molecular formula is C22H31N3O4S. The predicted molar refractivity (Wildman–Crippen MR) is 114 cm³/mol. The van der Waals surface area contributed by atoms with E-state index in [-0.39, 0.29) is 17.7 Å². The standard InChI is InChI=1S/C22H31N3O4S/c1-15(2)19-20-18(25(22(19)27)30(3,28)29)10-13-24(20)21(26)17-8-6-16(7-9-17)14-23-11-4-5-12-23/h6-9,15,18-20H,4-5,10-14H2,1-3H3/t18-,19+,20-/m0/s1. The van der Waals surface area contributed by atoms with E-state index in [2.05, 4.69) is 4.90 Å². The van der Waals surface area contributed by atoms with Crippen molar-refractivity contribution in [2.75, 3.05) is 25.9 Å². The van der Waals surface area contributed by atoms with E-state index in [9.17, 15) is 18.0 Å². The van der Waals surface area contributed by atoms with Gasteiger partial charge < -0.3 is 4.90 Å². The molecule has 2 amide bonds. The van der Waals surface area contributed by atoms with E-state index in [0.29, 0.717) is 18.5 Å². The fourth-order valence-corrected chi connectivity index (χ4v) is 6.56. The molecule has 164 valence electrons. The van der Waals surface area contributed by atoms with E-state index < -0.39 is 28.0 Å². The van der Waals surface area contributed by atoms with E-state index in [4.69, 9.17) is 0 Å². The lowest BCUT2D eigenvalue weighted by molar-refractivity contribution is -0.129. The van der Waals surface area contributed by atoms with Crippen molar-refractivity contribution in [1.82, 2.24) is 14.1 Å². The third-order valence-electron chi connectivity index (χ3n) is 6.73.